The standard InChI is InChI=1S/C26H38N4O5/c1-26(2,3)35-24(33)27-17-10-8-6-5-7-9-12-18-13-11-14-19-22(18)29(4)25(34)30(19)20-15-16-21(31)28-23(20)32/h11,13-14,20H,5-10,12,15-17H2,1-4H3,(H,27,33)(H,28,31,32). The van der Waals surface area contributed by atoms with E-state index < -0.39 is 17.6 Å². The molecule has 1 aliphatic rings. The molecule has 0 radical (unpaired) electrons. The van der Waals surface area contributed by atoms with Crippen molar-refractivity contribution in [2.24, 2.45) is 7.05 Å². The van der Waals surface area contributed by atoms with Crippen LogP contribution in [0.5, 0.6) is 0 Å². The molecule has 1 fully saturated rings. The van der Waals surface area contributed by atoms with E-state index >= 15 is 0 Å². The van der Waals surface area contributed by atoms with Crippen LogP contribution >= 0.6 is 0 Å². The number of para-hydroxylation sites is 1. The Morgan fingerprint density at radius 3 is 2.46 bits per heavy atom. The molecule has 2 heterocycles. The van der Waals surface area contributed by atoms with Crippen LogP contribution in [0.4, 0.5) is 4.79 Å². The van der Waals surface area contributed by atoms with Crippen molar-refractivity contribution in [2.75, 3.05) is 6.54 Å². The van der Waals surface area contributed by atoms with Gasteiger partial charge >= 0.3 is 11.8 Å². The Labute approximate surface area is 206 Å². The van der Waals surface area contributed by atoms with Crippen LogP contribution in [0.3, 0.4) is 0 Å². The topological polar surface area (TPSA) is 111 Å². The molecule has 2 N–H and O–H groups in total. The molecule has 0 bridgehead atoms. The van der Waals surface area contributed by atoms with E-state index in [4.69, 9.17) is 4.74 Å². The van der Waals surface area contributed by atoms with Gasteiger partial charge in [-0.15, -0.1) is 0 Å². The number of unbranched alkanes of at least 4 members (excludes halogenated alkanes) is 5. The monoisotopic (exact) mass is 486 g/mol. The summed E-state index contributed by atoms with van der Waals surface area (Å²) < 4.78 is 8.38. The van der Waals surface area contributed by atoms with Gasteiger partial charge in [0.05, 0.1) is 11.0 Å². The molecule has 0 spiro atoms. The number of imidazole rings is 1. The van der Waals surface area contributed by atoms with E-state index in [0.29, 0.717) is 13.0 Å². The fraction of sp³-hybridized carbons (Fsp3) is 0.615. The lowest BCUT2D eigenvalue weighted by Crippen LogP contribution is -2.44. The number of nitrogens with one attached hydrogen (secondary N) is 2. The lowest BCUT2D eigenvalue weighted by Gasteiger charge is -2.21. The molecule has 2 aromatic rings. The number of fused-ring (bicyclic) bond motifs is 1. The minimum atomic E-state index is -0.663. The highest BCUT2D eigenvalue weighted by molar-refractivity contribution is 6.00. The van der Waals surface area contributed by atoms with Crippen LogP contribution in [-0.4, -0.2) is 39.2 Å². The van der Waals surface area contributed by atoms with Crippen molar-refractivity contribution in [3.8, 4) is 0 Å². The highest BCUT2D eigenvalue weighted by Crippen LogP contribution is 2.26. The third kappa shape index (κ3) is 6.96. The molecule has 1 aromatic carbocycles. The molecule has 3 amide bonds. The van der Waals surface area contributed by atoms with Gasteiger partial charge in [-0.25, -0.2) is 9.59 Å². The number of carbonyl (C=O) groups is 3. The number of ether oxygens (including phenoxy) is 1. The molecule has 1 aliphatic heterocycles. The maximum atomic E-state index is 13.0. The van der Waals surface area contributed by atoms with Gasteiger partial charge in [-0.05, 0) is 58.1 Å². The molecule has 0 saturated carbocycles. The number of alkyl carbamates (subject to hydrolysis) is 1. The van der Waals surface area contributed by atoms with Gasteiger partial charge in [0.2, 0.25) is 11.8 Å². The zero-order valence-electron chi connectivity index (χ0n) is 21.3. The van der Waals surface area contributed by atoms with Crippen LogP contribution in [0, 0.1) is 0 Å². The van der Waals surface area contributed by atoms with Gasteiger partial charge in [-0.2, -0.15) is 0 Å². The summed E-state index contributed by atoms with van der Waals surface area (Å²) in [6, 6.07) is 5.18. The first kappa shape index (κ1) is 26.5. The zero-order chi connectivity index (χ0) is 25.6. The molecule has 192 valence electrons. The number of piperidine rings is 1. The normalized spacial score (nSPS) is 16.4. The van der Waals surface area contributed by atoms with Crippen LogP contribution in [0.1, 0.15) is 83.7 Å². The van der Waals surface area contributed by atoms with E-state index in [1.54, 1.807) is 11.6 Å². The van der Waals surface area contributed by atoms with Crippen molar-refractivity contribution in [2.45, 2.75) is 90.2 Å². The van der Waals surface area contributed by atoms with E-state index in [1.807, 2.05) is 39.0 Å². The first-order valence-electron chi connectivity index (χ1n) is 12.6. The average Bonchev–Trinajstić information content (AvgIpc) is 3.02. The molecule has 3 rings (SSSR count). The summed E-state index contributed by atoms with van der Waals surface area (Å²) in [6.45, 7) is 6.16. The first-order chi connectivity index (χ1) is 16.6. The second kappa shape index (κ2) is 11.6. The predicted octanol–water partition coefficient (Wildman–Crippen LogP) is 3.73. The molecule has 35 heavy (non-hydrogen) atoms. The van der Waals surface area contributed by atoms with Crippen molar-refractivity contribution in [1.82, 2.24) is 19.8 Å². The average molecular weight is 487 g/mol. The number of benzene rings is 1. The number of rotatable bonds is 10. The molecular formula is C26H38N4O5. The Bertz CT molecular complexity index is 1130. The Morgan fingerprint density at radius 1 is 1.09 bits per heavy atom. The van der Waals surface area contributed by atoms with Gasteiger partial charge in [0.15, 0.2) is 0 Å². The smallest absolute Gasteiger partial charge is 0.407 e. The molecular weight excluding hydrogens is 448 g/mol. The van der Waals surface area contributed by atoms with E-state index in [9.17, 15) is 19.2 Å². The van der Waals surface area contributed by atoms with Crippen molar-refractivity contribution in [3.63, 3.8) is 0 Å². The first-order valence-corrected chi connectivity index (χ1v) is 12.6. The number of hydrogen-bond acceptors (Lipinski definition) is 5. The van der Waals surface area contributed by atoms with Gasteiger partial charge in [-0.1, -0.05) is 37.8 Å². The summed E-state index contributed by atoms with van der Waals surface area (Å²) in [5, 5.41) is 5.14. The summed E-state index contributed by atoms with van der Waals surface area (Å²) >= 11 is 0. The third-order valence-electron chi connectivity index (χ3n) is 6.25. The molecule has 9 nitrogen and oxygen atoms in total. The van der Waals surface area contributed by atoms with Gasteiger partial charge in [-0.3, -0.25) is 24.0 Å². The summed E-state index contributed by atoms with van der Waals surface area (Å²) in [5.74, 6) is -0.706. The molecule has 1 aromatic heterocycles. The maximum absolute atomic E-state index is 13.0. The number of carbonyl (C=O) groups excluding carboxylic acids is 3. The molecule has 0 aliphatic carbocycles. The Hall–Kier alpha value is -3.10. The Balaban J connectivity index is 1.48. The number of nitrogens with zero attached hydrogens (tertiary/aromatic N) is 2. The molecule has 9 heteroatoms. The van der Waals surface area contributed by atoms with Crippen molar-refractivity contribution in [1.29, 1.82) is 0 Å². The number of amides is 3. The van der Waals surface area contributed by atoms with Crippen LogP contribution in [0.25, 0.3) is 11.0 Å². The van der Waals surface area contributed by atoms with E-state index in [-0.39, 0.29) is 24.1 Å². The van der Waals surface area contributed by atoms with Gasteiger partial charge in [0, 0.05) is 20.0 Å². The number of imide groups is 1. The fourth-order valence-corrected chi connectivity index (χ4v) is 4.60. The highest BCUT2D eigenvalue weighted by atomic mass is 16.6. The summed E-state index contributed by atoms with van der Waals surface area (Å²) in [5.41, 5.74) is 1.97. The third-order valence-corrected chi connectivity index (χ3v) is 6.25. The second-order valence-corrected chi connectivity index (χ2v) is 10.3. The van der Waals surface area contributed by atoms with E-state index in [0.717, 1.165) is 61.5 Å². The van der Waals surface area contributed by atoms with E-state index in [1.165, 1.54) is 4.57 Å². The molecule has 1 atom stereocenters. The zero-order valence-corrected chi connectivity index (χ0v) is 21.3. The van der Waals surface area contributed by atoms with Crippen molar-refractivity contribution >= 4 is 28.9 Å². The molecule has 1 unspecified atom stereocenters. The summed E-state index contributed by atoms with van der Waals surface area (Å²) in [4.78, 5) is 48.6. The lowest BCUT2D eigenvalue weighted by molar-refractivity contribution is -0.135. The predicted molar refractivity (Wildman–Crippen MR) is 134 cm³/mol. The van der Waals surface area contributed by atoms with Gasteiger partial charge in [0.1, 0.15) is 11.6 Å². The quantitative estimate of drug-likeness (QED) is 0.393. The van der Waals surface area contributed by atoms with Crippen molar-refractivity contribution in [3.05, 3.63) is 34.2 Å². The fourth-order valence-electron chi connectivity index (χ4n) is 4.60. The highest BCUT2D eigenvalue weighted by Gasteiger charge is 2.31. The second-order valence-electron chi connectivity index (χ2n) is 10.3. The largest absolute Gasteiger partial charge is 0.444 e. The van der Waals surface area contributed by atoms with Crippen LogP contribution in [-0.2, 0) is 27.8 Å². The minimum absolute atomic E-state index is 0.232. The van der Waals surface area contributed by atoms with Crippen molar-refractivity contribution < 1.29 is 19.1 Å². The number of hydrogen-bond donors (Lipinski definition) is 2. The van der Waals surface area contributed by atoms with Gasteiger partial charge in [0.25, 0.3) is 0 Å². The number of aryl methyl sites for hydroxylation is 2. The number of aromatic nitrogens is 2. The van der Waals surface area contributed by atoms with Crippen LogP contribution in [0.15, 0.2) is 23.0 Å². The lowest BCUT2D eigenvalue weighted by atomic mass is 10.0. The Kier molecular flexibility index (Phi) is 8.75. The van der Waals surface area contributed by atoms with E-state index in [2.05, 4.69) is 10.6 Å². The Morgan fingerprint density at radius 2 is 1.77 bits per heavy atom. The van der Waals surface area contributed by atoms with Gasteiger partial charge < -0.3 is 10.1 Å². The van der Waals surface area contributed by atoms with Crippen LogP contribution < -0.4 is 16.3 Å². The minimum Gasteiger partial charge on any atom is -0.444 e. The summed E-state index contributed by atoms with van der Waals surface area (Å²) in [7, 11) is 1.74. The summed E-state index contributed by atoms with van der Waals surface area (Å²) in [6.07, 6.45) is 7.32. The van der Waals surface area contributed by atoms with Crippen LogP contribution in [0.2, 0.25) is 0 Å². The molecule has 1 saturated heterocycles. The SMILES string of the molecule is Cn1c(=O)n(C2CCC(=O)NC2=O)c2cccc(CCCCCCCCNC(=O)OC(C)(C)C)c21. The maximum Gasteiger partial charge on any atom is 0.407 e.